The Labute approximate surface area is 154 Å². The lowest BCUT2D eigenvalue weighted by Gasteiger charge is -2.09. The van der Waals surface area contributed by atoms with Gasteiger partial charge in [-0.2, -0.15) is 13.2 Å². The number of nitrogen functional groups attached to an aromatic ring is 1. The van der Waals surface area contributed by atoms with E-state index in [0.29, 0.717) is 9.75 Å². The van der Waals surface area contributed by atoms with Crippen LogP contribution < -0.4 is 5.73 Å². The molecule has 2 aromatic carbocycles. The summed E-state index contributed by atoms with van der Waals surface area (Å²) in [6, 6.07) is 8.73. The van der Waals surface area contributed by atoms with Gasteiger partial charge in [-0.05, 0) is 42.0 Å². The highest BCUT2D eigenvalue weighted by molar-refractivity contribution is 7.15. The van der Waals surface area contributed by atoms with Gasteiger partial charge in [0.2, 0.25) is 0 Å². The zero-order valence-electron chi connectivity index (χ0n) is 13.0. The number of halogens is 6. The standard InChI is InChI=1S/C18H11ClF5NS/c19-13-4-2-10(18(22,23)24)8-12(13)15-6-3-11(26-15)7-9-1-5-14(20)17(25)16(9)21/h1-6,8H,7,25H2. The van der Waals surface area contributed by atoms with Crippen LogP contribution in [0.5, 0.6) is 0 Å². The van der Waals surface area contributed by atoms with Gasteiger partial charge in [0.1, 0.15) is 11.5 Å². The van der Waals surface area contributed by atoms with Crippen molar-refractivity contribution in [2.75, 3.05) is 5.73 Å². The van der Waals surface area contributed by atoms with Gasteiger partial charge in [-0.25, -0.2) is 8.78 Å². The molecule has 2 N–H and O–H groups in total. The SMILES string of the molecule is Nc1c(F)ccc(Cc2ccc(-c3cc(C(F)(F)F)ccc3Cl)s2)c1F. The Morgan fingerprint density at radius 3 is 2.42 bits per heavy atom. The second-order valence-electron chi connectivity index (χ2n) is 5.57. The lowest BCUT2D eigenvalue weighted by Crippen LogP contribution is -2.04. The maximum absolute atomic E-state index is 14.0. The van der Waals surface area contributed by atoms with E-state index in [1.807, 2.05) is 0 Å². The molecule has 0 amide bonds. The van der Waals surface area contributed by atoms with Crippen molar-refractivity contribution in [1.82, 2.24) is 0 Å². The largest absolute Gasteiger partial charge is 0.416 e. The smallest absolute Gasteiger partial charge is 0.394 e. The maximum Gasteiger partial charge on any atom is 0.416 e. The molecule has 1 heterocycles. The molecule has 136 valence electrons. The summed E-state index contributed by atoms with van der Waals surface area (Å²) in [7, 11) is 0. The molecule has 26 heavy (non-hydrogen) atoms. The van der Waals surface area contributed by atoms with Gasteiger partial charge in [0, 0.05) is 26.8 Å². The van der Waals surface area contributed by atoms with Crippen molar-refractivity contribution in [2.45, 2.75) is 12.6 Å². The number of nitrogens with two attached hydrogens (primary N) is 1. The fraction of sp³-hybridized carbons (Fsp3) is 0.111. The molecule has 0 fully saturated rings. The van der Waals surface area contributed by atoms with Crippen LogP contribution in [-0.4, -0.2) is 0 Å². The van der Waals surface area contributed by atoms with Crippen LogP contribution >= 0.6 is 22.9 Å². The molecule has 0 aliphatic rings. The van der Waals surface area contributed by atoms with E-state index in [9.17, 15) is 22.0 Å². The van der Waals surface area contributed by atoms with Gasteiger partial charge in [0.15, 0.2) is 5.82 Å². The molecule has 0 aliphatic carbocycles. The first-order valence-electron chi connectivity index (χ1n) is 7.35. The van der Waals surface area contributed by atoms with Gasteiger partial charge >= 0.3 is 6.18 Å². The fourth-order valence-corrected chi connectivity index (χ4v) is 3.78. The molecule has 0 radical (unpaired) electrons. The Bertz CT molecular complexity index is 965. The quantitative estimate of drug-likeness (QED) is 0.390. The molecule has 0 bridgehead atoms. The van der Waals surface area contributed by atoms with Crippen LogP contribution in [0.25, 0.3) is 10.4 Å². The lowest BCUT2D eigenvalue weighted by molar-refractivity contribution is -0.137. The molecule has 0 atom stereocenters. The van der Waals surface area contributed by atoms with Crippen LogP contribution in [0, 0.1) is 11.6 Å². The first kappa shape index (κ1) is 18.7. The molecule has 1 aromatic heterocycles. The monoisotopic (exact) mass is 403 g/mol. The molecule has 1 nitrogen and oxygen atoms in total. The van der Waals surface area contributed by atoms with Crippen LogP contribution in [0.3, 0.4) is 0 Å². The normalized spacial score (nSPS) is 11.8. The Balaban J connectivity index is 1.93. The highest BCUT2D eigenvalue weighted by Crippen LogP contribution is 2.39. The second kappa shape index (κ2) is 6.89. The zero-order valence-corrected chi connectivity index (χ0v) is 14.6. The summed E-state index contributed by atoms with van der Waals surface area (Å²) < 4.78 is 66.0. The first-order valence-corrected chi connectivity index (χ1v) is 8.54. The van der Waals surface area contributed by atoms with E-state index >= 15 is 0 Å². The van der Waals surface area contributed by atoms with E-state index < -0.39 is 29.1 Å². The third-order valence-corrected chi connectivity index (χ3v) is 5.24. The fourth-order valence-electron chi connectivity index (χ4n) is 2.45. The second-order valence-corrected chi connectivity index (χ2v) is 7.14. The highest BCUT2D eigenvalue weighted by atomic mass is 35.5. The van der Waals surface area contributed by atoms with Crippen LogP contribution in [0.15, 0.2) is 42.5 Å². The minimum atomic E-state index is -4.48. The predicted octanol–water partition coefficient (Wildman–Crippen LogP) is 6.54. The van der Waals surface area contributed by atoms with Gasteiger partial charge in [0.25, 0.3) is 0 Å². The van der Waals surface area contributed by atoms with E-state index in [0.717, 1.165) is 18.2 Å². The number of rotatable bonds is 3. The number of hydrogen-bond donors (Lipinski definition) is 1. The van der Waals surface area contributed by atoms with Crippen molar-refractivity contribution >= 4 is 28.6 Å². The molecule has 3 aromatic rings. The first-order chi connectivity index (χ1) is 12.2. The topological polar surface area (TPSA) is 26.0 Å². The van der Waals surface area contributed by atoms with Crippen molar-refractivity contribution in [3.05, 3.63) is 75.1 Å². The average Bonchev–Trinajstić information content (AvgIpc) is 3.03. The summed E-state index contributed by atoms with van der Waals surface area (Å²) in [6.07, 6.45) is -4.34. The Morgan fingerprint density at radius 2 is 1.73 bits per heavy atom. The summed E-state index contributed by atoms with van der Waals surface area (Å²) in [6.45, 7) is 0. The molecule has 8 heteroatoms. The van der Waals surface area contributed by atoms with Crippen molar-refractivity contribution in [1.29, 1.82) is 0 Å². The van der Waals surface area contributed by atoms with Gasteiger partial charge in [0.05, 0.1) is 5.56 Å². The van der Waals surface area contributed by atoms with Crippen molar-refractivity contribution < 1.29 is 22.0 Å². The van der Waals surface area contributed by atoms with Gasteiger partial charge < -0.3 is 5.73 Å². The summed E-state index contributed by atoms with van der Waals surface area (Å²) >= 11 is 7.21. The van der Waals surface area contributed by atoms with Crippen molar-refractivity contribution in [3.63, 3.8) is 0 Å². The minimum Gasteiger partial charge on any atom is -0.394 e. The van der Waals surface area contributed by atoms with Crippen LogP contribution in [0.2, 0.25) is 5.02 Å². The van der Waals surface area contributed by atoms with E-state index in [1.54, 1.807) is 12.1 Å². The summed E-state index contributed by atoms with van der Waals surface area (Å²) in [4.78, 5) is 1.20. The summed E-state index contributed by atoms with van der Waals surface area (Å²) in [5.41, 5.74) is 4.43. The van der Waals surface area contributed by atoms with Gasteiger partial charge in [-0.3, -0.25) is 0 Å². The molecule has 0 saturated carbocycles. The number of hydrogen-bond acceptors (Lipinski definition) is 2. The molecule has 0 aliphatic heterocycles. The van der Waals surface area contributed by atoms with E-state index in [-0.39, 0.29) is 22.6 Å². The molecule has 0 spiro atoms. The lowest BCUT2D eigenvalue weighted by atomic mass is 10.1. The third-order valence-electron chi connectivity index (χ3n) is 3.79. The average molecular weight is 404 g/mol. The van der Waals surface area contributed by atoms with Crippen molar-refractivity contribution in [3.8, 4) is 10.4 Å². The number of alkyl halides is 3. The molecular weight excluding hydrogens is 393 g/mol. The third kappa shape index (κ3) is 3.68. The van der Waals surface area contributed by atoms with Crippen molar-refractivity contribution in [2.24, 2.45) is 0 Å². The number of thiophene rings is 1. The van der Waals surface area contributed by atoms with Crippen LogP contribution in [0.1, 0.15) is 16.0 Å². The highest BCUT2D eigenvalue weighted by Gasteiger charge is 2.31. The van der Waals surface area contributed by atoms with Crippen LogP contribution in [0.4, 0.5) is 27.6 Å². The van der Waals surface area contributed by atoms with E-state index in [1.165, 1.54) is 23.5 Å². The Morgan fingerprint density at radius 1 is 1.00 bits per heavy atom. The van der Waals surface area contributed by atoms with Crippen LogP contribution in [-0.2, 0) is 12.6 Å². The molecule has 0 saturated heterocycles. The van der Waals surface area contributed by atoms with Gasteiger partial charge in [-0.1, -0.05) is 17.7 Å². The Kier molecular flexibility index (Phi) is 4.94. The zero-order chi connectivity index (χ0) is 19.1. The number of benzene rings is 2. The minimum absolute atomic E-state index is 0.136. The summed E-state index contributed by atoms with van der Waals surface area (Å²) in [5, 5.41) is 0.184. The predicted molar refractivity (Wildman–Crippen MR) is 93.3 cm³/mol. The molecule has 3 rings (SSSR count). The Hall–Kier alpha value is -2.12. The van der Waals surface area contributed by atoms with E-state index in [4.69, 9.17) is 17.3 Å². The maximum atomic E-state index is 14.0. The van der Waals surface area contributed by atoms with E-state index in [2.05, 4.69) is 0 Å². The molecule has 0 unspecified atom stereocenters. The molecular formula is C18H11ClF5NS. The number of anilines is 1. The summed E-state index contributed by atoms with van der Waals surface area (Å²) in [5.74, 6) is -1.68. The van der Waals surface area contributed by atoms with Gasteiger partial charge in [-0.15, -0.1) is 11.3 Å².